The van der Waals surface area contributed by atoms with E-state index in [2.05, 4.69) is 5.32 Å². The number of para-hydroxylation sites is 1. The number of esters is 1. The molecule has 0 unspecified atom stereocenters. The molecule has 0 atom stereocenters. The lowest BCUT2D eigenvalue weighted by Gasteiger charge is -2.16. The highest BCUT2D eigenvalue weighted by Gasteiger charge is 2.36. The first-order chi connectivity index (χ1) is 12.5. The van der Waals surface area contributed by atoms with Crippen LogP contribution < -0.4 is 10.2 Å². The molecule has 7 heteroatoms. The summed E-state index contributed by atoms with van der Waals surface area (Å²) < 4.78 is 4.89. The van der Waals surface area contributed by atoms with E-state index in [4.69, 9.17) is 4.74 Å². The number of hydrogen-bond donors (Lipinski definition) is 1. The van der Waals surface area contributed by atoms with Crippen molar-refractivity contribution in [3.8, 4) is 0 Å². The van der Waals surface area contributed by atoms with Crippen LogP contribution in [-0.2, 0) is 14.3 Å². The Kier molecular flexibility index (Phi) is 4.79. The zero-order valence-corrected chi connectivity index (χ0v) is 14.0. The molecule has 0 bridgehead atoms. The molecule has 0 radical (unpaired) electrons. The smallest absolute Gasteiger partial charge is 0.338 e. The molecule has 2 aromatic rings. The number of ether oxygens (including phenoxy) is 1. The lowest BCUT2D eigenvalue weighted by molar-refractivity contribution is -0.118. The Labute approximate surface area is 149 Å². The van der Waals surface area contributed by atoms with Crippen molar-refractivity contribution < 1.29 is 23.9 Å². The minimum absolute atomic E-state index is 0.277. The minimum atomic E-state index is -0.723. The predicted octanol–water partition coefficient (Wildman–Crippen LogP) is 2.03. The summed E-state index contributed by atoms with van der Waals surface area (Å²) in [4.78, 5) is 49.0. The summed E-state index contributed by atoms with van der Waals surface area (Å²) >= 11 is 0. The van der Waals surface area contributed by atoms with Gasteiger partial charge in [-0.2, -0.15) is 0 Å². The molecule has 2 aromatic carbocycles. The van der Waals surface area contributed by atoms with Crippen molar-refractivity contribution in [2.24, 2.45) is 0 Å². The van der Waals surface area contributed by atoms with Crippen molar-refractivity contribution in [2.45, 2.75) is 6.92 Å². The van der Waals surface area contributed by atoms with Crippen molar-refractivity contribution in [1.29, 1.82) is 0 Å². The van der Waals surface area contributed by atoms with Crippen molar-refractivity contribution in [3.63, 3.8) is 0 Å². The zero-order valence-electron chi connectivity index (χ0n) is 14.0. The summed E-state index contributed by atoms with van der Waals surface area (Å²) in [6.07, 6.45) is 0. The molecule has 3 rings (SSSR count). The van der Waals surface area contributed by atoms with Crippen molar-refractivity contribution in [3.05, 3.63) is 59.7 Å². The van der Waals surface area contributed by atoms with Crippen LogP contribution >= 0.6 is 0 Å². The molecule has 0 aliphatic carbocycles. The Hall–Kier alpha value is -3.48. The van der Waals surface area contributed by atoms with Crippen LogP contribution in [-0.4, -0.2) is 36.7 Å². The maximum atomic E-state index is 12.2. The van der Waals surface area contributed by atoms with Gasteiger partial charge in [-0.3, -0.25) is 19.3 Å². The van der Waals surface area contributed by atoms with E-state index in [1.165, 1.54) is 12.1 Å². The molecule has 7 nitrogen and oxygen atoms in total. The summed E-state index contributed by atoms with van der Waals surface area (Å²) in [5, 5.41) is 2.64. The van der Waals surface area contributed by atoms with Crippen molar-refractivity contribution >= 4 is 34.9 Å². The zero-order chi connectivity index (χ0) is 18.7. The maximum Gasteiger partial charge on any atom is 0.338 e. The predicted molar refractivity (Wildman–Crippen MR) is 94.2 cm³/mol. The normalized spacial score (nSPS) is 12.7. The molecule has 0 spiro atoms. The average Bonchev–Trinajstić information content (AvgIpc) is 2.88. The fraction of sp³-hybridized carbons (Fsp3) is 0.158. The van der Waals surface area contributed by atoms with Gasteiger partial charge in [-0.15, -0.1) is 0 Å². The highest BCUT2D eigenvalue weighted by Crippen LogP contribution is 2.28. The number of carbonyl (C=O) groups is 4. The summed E-state index contributed by atoms with van der Waals surface area (Å²) in [5.74, 6) is -2.24. The van der Waals surface area contributed by atoms with E-state index in [0.717, 1.165) is 4.90 Å². The summed E-state index contributed by atoms with van der Waals surface area (Å²) in [7, 11) is 0. The van der Waals surface area contributed by atoms with E-state index in [1.807, 2.05) is 0 Å². The number of benzene rings is 2. The number of amides is 2. The Morgan fingerprint density at radius 3 is 2.42 bits per heavy atom. The number of hydrogen-bond acceptors (Lipinski definition) is 5. The van der Waals surface area contributed by atoms with Gasteiger partial charge in [-0.05, 0) is 43.3 Å². The Bertz CT molecular complexity index is 889. The molecular weight excluding hydrogens is 336 g/mol. The van der Waals surface area contributed by atoms with E-state index in [-0.39, 0.29) is 13.2 Å². The first-order valence-electron chi connectivity index (χ1n) is 8.03. The molecule has 0 saturated carbocycles. The van der Waals surface area contributed by atoms with E-state index in [9.17, 15) is 19.2 Å². The van der Waals surface area contributed by atoms with Gasteiger partial charge in [0.2, 0.25) is 5.91 Å². The number of fused-ring (bicyclic) bond motifs is 1. The first-order valence-corrected chi connectivity index (χ1v) is 8.03. The molecule has 1 aliphatic rings. The highest BCUT2D eigenvalue weighted by molar-refractivity contribution is 6.52. The van der Waals surface area contributed by atoms with Crippen LogP contribution in [0.4, 0.5) is 11.4 Å². The average molecular weight is 352 g/mol. The first kappa shape index (κ1) is 17.3. The Morgan fingerprint density at radius 1 is 1.04 bits per heavy atom. The van der Waals surface area contributed by atoms with Gasteiger partial charge in [-0.25, -0.2) is 4.79 Å². The third kappa shape index (κ3) is 3.32. The van der Waals surface area contributed by atoms with Crippen molar-refractivity contribution in [2.75, 3.05) is 23.4 Å². The van der Waals surface area contributed by atoms with E-state index < -0.39 is 23.6 Å². The topological polar surface area (TPSA) is 92.8 Å². The molecule has 0 saturated heterocycles. The van der Waals surface area contributed by atoms with E-state index in [1.54, 1.807) is 43.3 Å². The second-order valence-corrected chi connectivity index (χ2v) is 5.58. The van der Waals surface area contributed by atoms with Crippen LogP contribution in [0.2, 0.25) is 0 Å². The monoisotopic (exact) mass is 352 g/mol. The number of ketones is 1. The number of nitrogens with one attached hydrogen (secondary N) is 1. The second-order valence-electron chi connectivity index (χ2n) is 5.58. The fourth-order valence-electron chi connectivity index (χ4n) is 2.65. The molecular formula is C19H16N2O5. The third-order valence-corrected chi connectivity index (χ3v) is 3.86. The Balaban J connectivity index is 1.67. The summed E-state index contributed by atoms with van der Waals surface area (Å²) in [6.45, 7) is 1.72. The van der Waals surface area contributed by atoms with Crippen LogP contribution in [0.5, 0.6) is 0 Å². The van der Waals surface area contributed by atoms with Gasteiger partial charge >= 0.3 is 5.97 Å². The standard InChI is InChI=1S/C19H16N2O5/c1-2-26-19(25)12-7-9-13(10-8-12)20-16(22)11-21-15-6-4-3-5-14(15)17(23)18(21)24/h3-10H,2,11H2,1H3,(H,20,22). The molecule has 2 amide bonds. The number of carbonyl (C=O) groups excluding carboxylic acids is 4. The lowest BCUT2D eigenvalue weighted by atomic mass is 10.1. The molecule has 0 fully saturated rings. The van der Waals surface area contributed by atoms with Gasteiger partial charge in [0.25, 0.3) is 11.7 Å². The number of Topliss-reactive ketones (excluding diaryl/α,β-unsaturated/α-hetero) is 1. The SMILES string of the molecule is CCOC(=O)c1ccc(NC(=O)CN2C(=O)C(=O)c3ccccc32)cc1. The Morgan fingerprint density at radius 2 is 1.73 bits per heavy atom. The van der Waals surface area contributed by atoms with Crippen molar-refractivity contribution in [1.82, 2.24) is 0 Å². The minimum Gasteiger partial charge on any atom is -0.462 e. The maximum absolute atomic E-state index is 12.2. The van der Waals surface area contributed by atoms with E-state index in [0.29, 0.717) is 22.5 Å². The molecule has 0 aromatic heterocycles. The fourth-order valence-corrected chi connectivity index (χ4v) is 2.65. The van der Waals surface area contributed by atoms with Gasteiger partial charge in [0.05, 0.1) is 23.4 Å². The number of anilines is 2. The van der Waals surface area contributed by atoms with Gasteiger partial charge in [0, 0.05) is 5.69 Å². The molecule has 132 valence electrons. The highest BCUT2D eigenvalue weighted by atomic mass is 16.5. The summed E-state index contributed by atoms with van der Waals surface area (Å²) in [6, 6.07) is 12.7. The third-order valence-electron chi connectivity index (χ3n) is 3.86. The molecule has 1 heterocycles. The molecule has 1 N–H and O–H groups in total. The van der Waals surface area contributed by atoms with Crippen LogP contribution in [0.3, 0.4) is 0 Å². The largest absolute Gasteiger partial charge is 0.462 e. The number of nitrogens with zero attached hydrogens (tertiary/aromatic N) is 1. The van der Waals surface area contributed by atoms with Gasteiger partial charge in [0.1, 0.15) is 6.54 Å². The lowest BCUT2D eigenvalue weighted by Crippen LogP contribution is -2.37. The van der Waals surface area contributed by atoms with Gasteiger partial charge in [-0.1, -0.05) is 12.1 Å². The van der Waals surface area contributed by atoms with E-state index >= 15 is 0 Å². The molecule has 26 heavy (non-hydrogen) atoms. The number of rotatable bonds is 5. The quantitative estimate of drug-likeness (QED) is 0.656. The van der Waals surface area contributed by atoms with Crippen LogP contribution in [0.25, 0.3) is 0 Å². The van der Waals surface area contributed by atoms with Crippen LogP contribution in [0, 0.1) is 0 Å². The van der Waals surface area contributed by atoms with Gasteiger partial charge in [0.15, 0.2) is 0 Å². The second kappa shape index (κ2) is 7.18. The van der Waals surface area contributed by atoms with Gasteiger partial charge < -0.3 is 10.1 Å². The van der Waals surface area contributed by atoms with Crippen LogP contribution in [0.1, 0.15) is 27.6 Å². The van der Waals surface area contributed by atoms with Crippen LogP contribution in [0.15, 0.2) is 48.5 Å². The molecule has 1 aliphatic heterocycles. The summed E-state index contributed by atoms with van der Waals surface area (Å²) in [5.41, 5.74) is 1.56.